The number of amides is 5. The van der Waals surface area contributed by atoms with E-state index in [4.69, 9.17) is 4.74 Å². The van der Waals surface area contributed by atoms with Crippen LogP contribution in [0.4, 0.5) is 0 Å². The second kappa shape index (κ2) is 15.8. The maximum atomic E-state index is 13.9. The van der Waals surface area contributed by atoms with Crippen LogP contribution in [0.3, 0.4) is 0 Å². The van der Waals surface area contributed by atoms with Crippen molar-refractivity contribution < 1.29 is 43.4 Å². The molecule has 0 spiro atoms. The zero-order valence-corrected chi connectivity index (χ0v) is 27.1. The third-order valence-corrected chi connectivity index (χ3v) is 8.74. The second-order valence-corrected chi connectivity index (χ2v) is 12.3. The van der Waals surface area contributed by atoms with E-state index in [9.17, 15) is 38.7 Å². The minimum absolute atomic E-state index is 0.156. The number of aliphatic carboxylic acids is 1. The third-order valence-electron chi connectivity index (χ3n) is 8.74. The van der Waals surface area contributed by atoms with E-state index in [2.05, 4.69) is 10.6 Å². The lowest BCUT2D eigenvalue weighted by molar-refractivity contribution is -0.164. The molecule has 248 valence electrons. The van der Waals surface area contributed by atoms with Crippen LogP contribution in [0.2, 0.25) is 0 Å². The van der Waals surface area contributed by atoms with Gasteiger partial charge in [-0.15, -0.1) is 0 Å². The van der Waals surface area contributed by atoms with Crippen molar-refractivity contribution in [1.82, 2.24) is 25.3 Å². The van der Waals surface area contributed by atoms with Gasteiger partial charge >= 0.3 is 11.9 Å². The second-order valence-electron chi connectivity index (χ2n) is 12.3. The summed E-state index contributed by atoms with van der Waals surface area (Å²) in [5.74, 6) is -6.46. The Morgan fingerprint density at radius 2 is 1.61 bits per heavy atom. The molecule has 3 N–H and O–H groups in total. The molecule has 0 unspecified atom stereocenters. The monoisotopic (exact) mass is 623 g/mol. The Bertz CT molecular complexity index is 1110. The average Bonchev–Trinajstić information content (AvgIpc) is 3.46. The normalized spacial score (nSPS) is 28.4. The highest BCUT2D eigenvalue weighted by molar-refractivity contribution is 5.96. The molecule has 0 saturated carbocycles. The smallest absolute Gasteiger partial charge is 0.308 e. The van der Waals surface area contributed by atoms with Gasteiger partial charge in [0.25, 0.3) is 5.91 Å². The molecule has 7 atom stereocenters. The molecule has 2 saturated heterocycles. The standard InChI is InChI=1S/C30H49N5O9/c1-9-17(4)23-28(40)34(8)24(16(2)3)29(41)33(7)19(6)25(37)31-13-12-22(36)44-21(15-18(5)30(42)43)27(39)35-14-10-11-20(35)26(38)32-23/h16-21,23-24H,9-15H2,1-8H3,(H,31,37)(H,32,38)(H,42,43)/t17-,18-,19+,20-,21-,23-,24+/m0/s1. The molecule has 2 aliphatic heterocycles. The van der Waals surface area contributed by atoms with Gasteiger partial charge in [0.1, 0.15) is 24.2 Å². The van der Waals surface area contributed by atoms with Crippen LogP contribution in [0.5, 0.6) is 0 Å². The van der Waals surface area contributed by atoms with Gasteiger partial charge in [-0.3, -0.25) is 33.6 Å². The van der Waals surface area contributed by atoms with Crippen molar-refractivity contribution in [3.63, 3.8) is 0 Å². The van der Waals surface area contributed by atoms with Crippen LogP contribution in [0.25, 0.3) is 0 Å². The molecule has 0 radical (unpaired) electrons. The first-order chi connectivity index (χ1) is 20.5. The van der Waals surface area contributed by atoms with Gasteiger partial charge in [-0.1, -0.05) is 41.0 Å². The van der Waals surface area contributed by atoms with Gasteiger partial charge in [-0.05, 0) is 31.6 Å². The van der Waals surface area contributed by atoms with Crippen molar-refractivity contribution in [2.24, 2.45) is 17.8 Å². The number of esters is 1. The minimum atomic E-state index is -1.47. The Morgan fingerprint density at radius 3 is 2.18 bits per heavy atom. The third kappa shape index (κ3) is 8.69. The van der Waals surface area contributed by atoms with Gasteiger partial charge in [0, 0.05) is 33.6 Å². The van der Waals surface area contributed by atoms with E-state index >= 15 is 0 Å². The molecule has 0 aromatic carbocycles. The molecule has 14 nitrogen and oxygen atoms in total. The van der Waals surface area contributed by atoms with E-state index in [1.54, 1.807) is 20.8 Å². The van der Waals surface area contributed by atoms with Crippen LogP contribution in [0.1, 0.15) is 73.6 Å². The number of fused-ring (bicyclic) bond motifs is 1. The summed E-state index contributed by atoms with van der Waals surface area (Å²) in [5, 5.41) is 14.9. The zero-order chi connectivity index (χ0) is 33.5. The molecule has 14 heteroatoms. The van der Waals surface area contributed by atoms with Crippen molar-refractivity contribution in [3.8, 4) is 0 Å². The van der Waals surface area contributed by atoms with Crippen molar-refractivity contribution in [1.29, 1.82) is 0 Å². The van der Waals surface area contributed by atoms with Gasteiger partial charge in [0.05, 0.1) is 12.3 Å². The number of likely N-dealkylation sites (N-methyl/N-ethyl adjacent to an activating group) is 2. The quantitative estimate of drug-likeness (QED) is 0.352. The Labute approximate surface area is 259 Å². The number of nitrogens with zero attached hydrogens (tertiary/aromatic N) is 3. The number of carboxylic acid groups (broad SMARTS) is 1. The highest BCUT2D eigenvalue weighted by atomic mass is 16.5. The van der Waals surface area contributed by atoms with Gasteiger partial charge < -0.3 is 35.2 Å². The van der Waals surface area contributed by atoms with Crippen molar-refractivity contribution in [3.05, 3.63) is 0 Å². The summed E-state index contributed by atoms with van der Waals surface area (Å²) >= 11 is 0. The summed E-state index contributed by atoms with van der Waals surface area (Å²) in [5.41, 5.74) is 0. The Morgan fingerprint density at radius 1 is 0.977 bits per heavy atom. The Kier molecular flexibility index (Phi) is 13.1. The Hall–Kier alpha value is -3.71. The first-order valence-electron chi connectivity index (χ1n) is 15.4. The number of ether oxygens (including phenoxy) is 1. The van der Waals surface area contributed by atoms with Crippen molar-refractivity contribution in [2.45, 2.75) is 104 Å². The molecule has 0 aromatic heterocycles. The molecule has 0 aliphatic carbocycles. The number of cyclic esters (lactones) is 1. The molecule has 2 rings (SSSR count). The largest absolute Gasteiger partial charge is 0.481 e. The molecule has 2 aliphatic rings. The minimum Gasteiger partial charge on any atom is -0.481 e. The predicted molar refractivity (Wildman–Crippen MR) is 159 cm³/mol. The summed E-state index contributed by atoms with van der Waals surface area (Å²) in [6.45, 7) is 10.2. The average molecular weight is 624 g/mol. The molecule has 0 aromatic rings. The molecule has 5 amide bonds. The van der Waals surface area contributed by atoms with Gasteiger partial charge in [-0.25, -0.2) is 0 Å². The van der Waals surface area contributed by atoms with E-state index in [1.807, 2.05) is 6.92 Å². The van der Waals surface area contributed by atoms with E-state index < -0.39 is 77.7 Å². The van der Waals surface area contributed by atoms with E-state index in [0.29, 0.717) is 19.3 Å². The SMILES string of the molecule is CC[C@H](C)[C@@H]1NC(=O)[C@@H]2CCCN2C(=O)[C@H](C[C@H](C)C(=O)O)OC(=O)CCNC(=O)[C@@H](C)N(C)C(=O)[C@@H](C(C)C)N(C)C1=O. The van der Waals surface area contributed by atoms with Crippen molar-refractivity contribution in [2.75, 3.05) is 27.2 Å². The zero-order valence-electron chi connectivity index (χ0n) is 27.1. The van der Waals surface area contributed by atoms with Crippen LogP contribution >= 0.6 is 0 Å². The van der Waals surface area contributed by atoms with E-state index in [1.165, 1.54) is 42.6 Å². The van der Waals surface area contributed by atoms with Crippen molar-refractivity contribution >= 4 is 41.5 Å². The number of carboxylic acids is 1. The molecule has 0 bridgehead atoms. The molecule has 2 heterocycles. The van der Waals surface area contributed by atoms with Crippen LogP contribution in [-0.2, 0) is 38.3 Å². The maximum Gasteiger partial charge on any atom is 0.308 e. The summed E-state index contributed by atoms with van der Waals surface area (Å²) in [6, 6.07) is -3.87. The number of rotatable bonds is 6. The van der Waals surface area contributed by atoms with Crippen LogP contribution in [-0.4, -0.2) is 119 Å². The fourth-order valence-corrected chi connectivity index (χ4v) is 5.52. The Balaban J connectivity index is 2.56. The first-order valence-corrected chi connectivity index (χ1v) is 15.4. The van der Waals surface area contributed by atoms with Gasteiger partial charge in [0.2, 0.25) is 23.6 Å². The lowest BCUT2D eigenvalue weighted by atomic mass is 9.94. The van der Waals surface area contributed by atoms with Crippen LogP contribution in [0, 0.1) is 17.8 Å². The highest BCUT2D eigenvalue weighted by Crippen LogP contribution is 2.24. The molecule has 2 fully saturated rings. The number of carbonyl (C=O) groups excluding carboxylic acids is 6. The fourth-order valence-electron chi connectivity index (χ4n) is 5.52. The summed E-state index contributed by atoms with van der Waals surface area (Å²) in [7, 11) is 2.95. The summed E-state index contributed by atoms with van der Waals surface area (Å²) in [6.07, 6.45) is -0.787. The highest BCUT2D eigenvalue weighted by Gasteiger charge is 2.43. The summed E-state index contributed by atoms with van der Waals surface area (Å²) in [4.78, 5) is 96.0. The first kappa shape index (κ1) is 36.5. The van der Waals surface area contributed by atoms with Crippen LogP contribution in [0.15, 0.2) is 0 Å². The molecular weight excluding hydrogens is 574 g/mol. The van der Waals surface area contributed by atoms with Crippen LogP contribution < -0.4 is 10.6 Å². The lowest BCUT2D eigenvalue weighted by Gasteiger charge is -2.38. The topological polar surface area (TPSA) is 183 Å². The fraction of sp³-hybridized carbons (Fsp3) is 0.767. The number of nitrogens with one attached hydrogen (secondary N) is 2. The number of carbonyl (C=O) groups is 7. The van der Waals surface area contributed by atoms with E-state index in [-0.39, 0.29) is 37.8 Å². The molecule has 44 heavy (non-hydrogen) atoms. The van der Waals surface area contributed by atoms with E-state index in [0.717, 1.165) is 0 Å². The van der Waals surface area contributed by atoms with Gasteiger partial charge in [-0.2, -0.15) is 0 Å². The number of hydrogen-bond donors (Lipinski definition) is 3. The van der Waals surface area contributed by atoms with Gasteiger partial charge in [0.15, 0.2) is 6.10 Å². The number of hydrogen-bond acceptors (Lipinski definition) is 8. The molecular formula is C30H49N5O9. The lowest BCUT2D eigenvalue weighted by Crippen LogP contribution is -2.60. The summed E-state index contributed by atoms with van der Waals surface area (Å²) < 4.78 is 5.44. The predicted octanol–water partition coefficient (Wildman–Crippen LogP) is 0.381. The maximum absolute atomic E-state index is 13.9.